The zero-order valence-electron chi connectivity index (χ0n) is 17.2. The molecule has 0 aromatic heterocycles. The van der Waals surface area contributed by atoms with E-state index in [0.717, 1.165) is 11.3 Å². The number of carbonyl (C=O) groups excluding carboxylic acids is 1. The molecule has 3 rings (SSSR count). The topological polar surface area (TPSA) is 71.4 Å². The van der Waals surface area contributed by atoms with Crippen LogP contribution < -0.4 is 9.47 Å². The average Bonchev–Trinajstić information content (AvgIpc) is 3.13. The Balaban J connectivity index is 1.82. The van der Waals surface area contributed by atoms with Crippen LogP contribution in [0.5, 0.6) is 17.2 Å². The van der Waals surface area contributed by atoms with E-state index < -0.39 is 0 Å². The maximum Gasteiger partial charge on any atom is 0.240 e. The maximum absolute atomic E-state index is 12.1. The van der Waals surface area contributed by atoms with Gasteiger partial charge in [-0.15, -0.1) is 0 Å². The molecule has 0 bridgehead atoms. The van der Waals surface area contributed by atoms with Crippen molar-refractivity contribution < 1.29 is 19.4 Å². The van der Waals surface area contributed by atoms with Gasteiger partial charge in [0.1, 0.15) is 23.9 Å². The van der Waals surface area contributed by atoms with Crippen molar-refractivity contribution >= 4 is 11.6 Å². The largest absolute Gasteiger partial charge is 0.507 e. The summed E-state index contributed by atoms with van der Waals surface area (Å²) >= 11 is 0. The first kappa shape index (κ1) is 20.5. The third kappa shape index (κ3) is 4.77. The van der Waals surface area contributed by atoms with Gasteiger partial charge in [0.05, 0.1) is 18.9 Å². The van der Waals surface area contributed by atoms with Crippen LogP contribution in [0.25, 0.3) is 0 Å². The quantitative estimate of drug-likeness (QED) is 0.735. The molecule has 1 unspecified atom stereocenters. The Morgan fingerprint density at radius 3 is 2.45 bits per heavy atom. The molecule has 1 aliphatic heterocycles. The Kier molecular flexibility index (Phi) is 6.22. The van der Waals surface area contributed by atoms with Gasteiger partial charge in [-0.1, -0.05) is 17.7 Å². The standard InChI is InChI=1S/C23H26N2O4/c1-15(2)11-12-29-19-9-10-20(23(27)13-19)21-14-22(25(24-21)16(3)26)17-5-7-18(28-4)8-6-17/h5-11,13,22,27H,12,14H2,1-4H3. The summed E-state index contributed by atoms with van der Waals surface area (Å²) in [5.74, 6) is 1.26. The number of hydrogen-bond acceptors (Lipinski definition) is 5. The number of nitrogens with zero attached hydrogens (tertiary/aromatic N) is 2. The molecule has 0 aliphatic carbocycles. The van der Waals surface area contributed by atoms with Gasteiger partial charge >= 0.3 is 0 Å². The van der Waals surface area contributed by atoms with Crippen molar-refractivity contribution in [3.05, 3.63) is 65.2 Å². The van der Waals surface area contributed by atoms with E-state index in [-0.39, 0.29) is 17.7 Å². The summed E-state index contributed by atoms with van der Waals surface area (Å²) in [7, 11) is 1.61. The maximum atomic E-state index is 12.1. The van der Waals surface area contributed by atoms with E-state index >= 15 is 0 Å². The molecule has 6 heteroatoms. The Hall–Kier alpha value is -3.28. The second-order valence-electron chi connectivity index (χ2n) is 7.17. The lowest BCUT2D eigenvalue weighted by atomic mass is 9.98. The SMILES string of the molecule is COc1ccc(C2CC(c3ccc(OCC=C(C)C)cc3O)=NN2C(C)=O)cc1. The zero-order chi connectivity index (χ0) is 21.0. The van der Waals surface area contributed by atoms with Crippen LogP contribution in [0.3, 0.4) is 0 Å². The lowest BCUT2D eigenvalue weighted by Crippen LogP contribution is -2.24. The van der Waals surface area contributed by atoms with Gasteiger partial charge in [0.15, 0.2) is 0 Å². The van der Waals surface area contributed by atoms with Crippen LogP contribution in [0.2, 0.25) is 0 Å². The Bertz CT molecular complexity index is 944. The Labute approximate surface area is 171 Å². The number of rotatable bonds is 6. The molecule has 0 saturated heterocycles. The predicted octanol–water partition coefficient (Wildman–Crippen LogP) is 4.44. The molecular weight excluding hydrogens is 368 g/mol. The van der Waals surface area contributed by atoms with E-state index in [1.165, 1.54) is 17.5 Å². The van der Waals surface area contributed by atoms with Gasteiger partial charge in [-0.05, 0) is 49.8 Å². The van der Waals surface area contributed by atoms with Gasteiger partial charge < -0.3 is 14.6 Å². The molecule has 0 fully saturated rings. The minimum absolute atomic E-state index is 0.0809. The van der Waals surface area contributed by atoms with Gasteiger partial charge in [0, 0.05) is 25.0 Å². The third-order valence-electron chi connectivity index (χ3n) is 4.76. The Morgan fingerprint density at radius 2 is 1.86 bits per heavy atom. The van der Waals surface area contributed by atoms with Gasteiger partial charge in [-0.25, -0.2) is 5.01 Å². The monoisotopic (exact) mass is 394 g/mol. The second kappa shape index (κ2) is 8.82. The first-order chi connectivity index (χ1) is 13.9. The number of benzene rings is 2. The number of carbonyl (C=O) groups is 1. The smallest absolute Gasteiger partial charge is 0.240 e. The molecule has 1 N–H and O–H groups in total. The number of ether oxygens (including phenoxy) is 2. The van der Waals surface area contributed by atoms with E-state index in [1.807, 2.05) is 44.2 Å². The highest BCUT2D eigenvalue weighted by Gasteiger charge is 2.32. The molecule has 6 nitrogen and oxygen atoms in total. The highest BCUT2D eigenvalue weighted by Crippen LogP contribution is 2.36. The molecule has 152 valence electrons. The first-order valence-corrected chi connectivity index (χ1v) is 9.50. The average molecular weight is 394 g/mol. The van der Waals surface area contributed by atoms with Crippen molar-refractivity contribution in [3.63, 3.8) is 0 Å². The Morgan fingerprint density at radius 1 is 1.17 bits per heavy atom. The summed E-state index contributed by atoms with van der Waals surface area (Å²) in [4.78, 5) is 12.1. The first-order valence-electron chi connectivity index (χ1n) is 9.50. The van der Waals surface area contributed by atoms with Gasteiger partial charge in [-0.3, -0.25) is 4.79 Å². The minimum atomic E-state index is -0.221. The summed E-state index contributed by atoms with van der Waals surface area (Å²) in [6, 6.07) is 12.5. The van der Waals surface area contributed by atoms with Crippen LogP contribution in [-0.4, -0.2) is 35.5 Å². The van der Waals surface area contributed by atoms with Crippen LogP contribution in [-0.2, 0) is 4.79 Å². The molecule has 0 saturated carbocycles. The molecule has 1 amide bonds. The number of allylic oxidation sites excluding steroid dienone is 1. The summed E-state index contributed by atoms with van der Waals surface area (Å²) in [6.45, 7) is 5.94. The van der Waals surface area contributed by atoms with E-state index in [0.29, 0.717) is 30.1 Å². The van der Waals surface area contributed by atoms with E-state index in [1.54, 1.807) is 25.3 Å². The number of methoxy groups -OCH3 is 1. The second-order valence-corrected chi connectivity index (χ2v) is 7.17. The molecular formula is C23H26N2O4. The van der Waals surface area contributed by atoms with Crippen LogP contribution in [0, 0.1) is 0 Å². The van der Waals surface area contributed by atoms with Crippen molar-refractivity contribution in [1.82, 2.24) is 5.01 Å². The number of amides is 1. The molecule has 29 heavy (non-hydrogen) atoms. The number of aromatic hydroxyl groups is 1. The highest BCUT2D eigenvalue weighted by molar-refractivity contribution is 6.05. The molecule has 0 radical (unpaired) electrons. The fraction of sp³-hybridized carbons (Fsp3) is 0.304. The van der Waals surface area contributed by atoms with Crippen LogP contribution in [0.1, 0.15) is 44.4 Å². The number of hydrazone groups is 1. The normalized spacial score (nSPS) is 15.7. The van der Waals surface area contributed by atoms with Crippen molar-refractivity contribution in [2.45, 2.75) is 33.2 Å². The number of phenolic OH excluding ortho intramolecular Hbond substituents is 1. The zero-order valence-corrected chi connectivity index (χ0v) is 17.2. The van der Waals surface area contributed by atoms with Crippen molar-refractivity contribution in [2.75, 3.05) is 13.7 Å². The van der Waals surface area contributed by atoms with Crippen LogP contribution in [0.15, 0.2) is 59.2 Å². The van der Waals surface area contributed by atoms with E-state index in [4.69, 9.17) is 9.47 Å². The molecule has 2 aromatic carbocycles. The summed E-state index contributed by atoms with van der Waals surface area (Å²) in [5, 5.41) is 16.5. The number of phenols is 1. The highest BCUT2D eigenvalue weighted by atomic mass is 16.5. The third-order valence-corrected chi connectivity index (χ3v) is 4.76. The van der Waals surface area contributed by atoms with Gasteiger partial charge in [0.25, 0.3) is 0 Å². The minimum Gasteiger partial charge on any atom is -0.507 e. The fourth-order valence-corrected chi connectivity index (χ4v) is 3.20. The predicted molar refractivity (Wildman–Crippen MR) is 112 cm³/mol. The van der Waals surface area contributed by atoms with Crippen molar-refractivity contribution in [3.8, 4) is 17.2 Å². The van der Waals surface area contributed by atoms with Crippen LogP contribution >= 0.6 is 0 Å². The molecule has 1 atom stereocenters. The van der Waals surface area contributed by atoms with Crippen molar-refractivity contribution in [2.24, 2.45) is 5.10 Å². The van der Waals surface area contributed by atoms with Crippen LogP contribution in [0.4, 0.5) is 0 Å². The van der Waals surface area contributed by atoms with E-state index in [9.17, 15) is 9.90 Å². The van der Waals surface area contributed by atoms with Gasteiger partial charge in [0.2, 0.25) is 5.91 Å². The lowest BCUT2D eigenvalue weighted by molar-refractivity contribution is -0.130. The summed E-state index contributed by atoms with van der Waals surface area (Å²) < 4.78 is 10.8. The van der Waals surface area contributed by atoms with Gasteiger partial charge in [-0.2, -0.15) is 5.10 Å². The fourth-order valence-electron chi connectivity index (χ4n) is 3.20. The molecule has 1 heterocycles. The van der Waals surface area contributed by atoms with Crippen molar-refractivity contribution in [1.29, 1.82) is 0 Å². The summed E-state index contributed by atoms with van der Waals surface area (Å²) in [5.41, 5.74) is 3.39. The summed E-state index contributed by atoms with van der Waals surface area (Å²) in [6.07, 6.45) is 2.48. The molecule has 0 spiro atoms. The van der Waals surface area contributed by atoms with E-state index in [2.05, 4.69) is 5.10 Å². The lowest BCUT2D eigenvalue weighted by Gasteiger charge is -2.20. The number of hydrogen-bond donors (Lipinski definition) is 1. The molecule has 1 aliphatic rings. The molecule has 2 aromatic rings.